The molecule has 1 N–H and O–H groups in total. The van der Waals surface area contributed by atoms with Crippen molar-refractivity contribution in [2.45, 2.75) is 6.92 Å². The van der Waals surface area contributed by atoms with E-state index in [1.807, 2.05) is 0 Å². The molecule has 0 atom stereocenters. The molecule has 0 bridgehead atoms. The summed E-state index contributed by atoms with van der Waals surface area (Å²) in [5.74, 6) is 0.556. The van der Waals surface area contributed by atoms with E-state index < -0.39 is 0 Å². The van der Waals surface area contributed by atoms with Gasteiger partial charge in [-0.15, -0.1) is 0 Å². The molecule has 0 aliphatic carbocycles. The van der Waals surface area contributed by atoms with Crippen LogP contribution in [-0.2, 0) is 9.53 Å². The zero-order chi connectivity index (χ0) is 18.5. The molecule has 3 rings (SSSR count). The van der Waals surface area contributed by atoms with Crippen LogP contribution in [0.4, 0.5) is 4.79 Å². The van der Waals surface area contributed by atoms with Crippen molar-refractivity contribution in [3.63, 3.8) is 0 Å². The van der Waals surface area contributed by atoms with Crippen molar-refractivity contribution < 1.29 is 28.6 Å². The SMILES string of the molecule is CCOC(=O)N1CCN(C(=O)CNC(=O)c2ccc3c(c2)OCO3)CC1. The zero-order valence-corrected chi connectivity index (χ0v) is 14.5. The third-order valence-corrected chi connectivity index (χ3v) is 4.19. The van der Waals surface area contributed by atoms with E-state index in [2.05, 4.69) is 5.32 Å². The molecule has 0 unspecified atom stereocenters. The van der Waals surface area contributed by atoms with Crippen molar-refractivity contribution in [1.29, 1.82) is 0 Å². The van der Waals surface area contributed by atoms with Crippen LogP contribution in [0.5, 0.6) is 11.5 Å². The standard InChI is InChI=1S/C17H21N3O6/c1-2-24-17(23)20-7-5-19(6-8-20)15(21)10-18-16(22)12-3-4-13-14(9-12)26-11-25-13/h3-4,9H,2,5-8,10-11H2,1H3,(H,18,22). The van der Waals surface area contributed by atoms with Crippen molar-refractivity contribution >= 4 is 17.9 Å². The Kier molecular flexibility index (Phi) is 5.45. The first-order valence-electron chi connectivity index (χ1n) is 8.46. The summed E-state index contributed by atoms with van der Waals surface area (Å²) in [6.07, 6.45) is -0.365. The van der Waals surface area contributed by atoms with Crippen molar-refractivity contribution in [1.82, 2.24) is 15.1 Å². The van der Waals surface area contributed by atoms with Gasteiger partial charge < -0.3 is 29.3 Å². The fraction of sp³-hybridized carbons (Fsp3) is 0.471. The molecular formula is C17H21N3O6. The highest BCUT2D eigenvalue weighted by atomic mass is 16.7. The summed E-state index contributed by atoms with van der Waals surface area (Å²) in [4.78, 5) is 39.3. The van der Waals surface area contributed by atoms with Crippen LogP contribution < -0.4 is 14.8 Å². The lowest BCUT2D eigenvalue weighted by Crippen LogP contribution is -2.52. The maximum Gasteiger partial charge on any atom is 0.409 e. The molecule has 9 nitrogen and oxygen atoms in total. The molecule has 26 heavy (non-hydrogen) atoms. The quantitative estimate of drug-likeness (QED) is 0.834. The Morgan fingerprint density at radius 1 is 1.08 bits per heavy atom. The van der Waals surface area contributed by atoms with Crippen LogP contribution >= 0.6 is 0 Å². The molecule has 140 valence electrons. The van der Waals surface area contributed by atoms with Gasteiger partial charge in [-0.2, -0.15) is 0 Å². The van der Waals surface area contributed by atoms with Gasteiger partial charge in [-0.05, 0) is 25.1 Å². The second-order valence-electron chi connectivity index (χ2n) is 5.82. The lowest BCUT2D eigenvalue weighted by Gasteiger charge is -2.34. The maximum atomic E-state index is 12.3. The summed E-state index contributed by atoms with van der Waals surface area (Å²) in [6, 6.07) is 4.86. The van der Waals surface area contributed by atoms with Crippen molar-refractivity contribution in [2.75, 3.05) is 46.1 Å². The molecule has 9 heteroatoms. The van der Waals surface area contributed by atoms with Gasteiger partial charge in [0.05, 0.1) is 13.2 Å². The second-order valence-corrected chi connectivity index (χ2v) is 5.82. The number of hydrogen-bond acceptors (Lipinski definition) is 6. The Labute approximate surface area is 150 Å². The molecule has 1 fully saturated rings. The maximum absolute atomic E-state index is 12.3. The van der Waals surface area contributed by atoms with Crippen molar-refractivity contribution in [3.8, 4) is 11.5 Å². The minimum absolute atomic E-state index is 0.104. The number of rotatable bonds is 4. The first kappa shape index (κ1) is 17.8. The van der Waals surface area contributed by atoms with Crippen LogP contribution in [0.2, 0.25) is 0 Å². The van der Waals surface area contributed by atoms with E-state index in [-0.39, 0.29) is 31.2 Å². The number of piperazine rings is 1. The molecule has 1 saturated heterocycles. The topological polar surface area (TPSA) is 97.4 Å². The highest BCUT2D eigenvalue weighted by Crippen LogP contribution is 2.32. The van der Waals surface area contributed by atoms with Gasteiger partial charge in [0.2, 0.25) is 12.7 Å². The molecule has 2 aliphatic heterocycles. The van der Waals surface area contributed by atoms with Crippen molar-refractivity contribution in [3.05, 3.63) is 23.8 Å². The number of carbonyl (C=O) groups excluding carboxylic acids is 3. The summed E-state index contributed by atoms with van der Waals surface area (Å²) in [6.45, 7) is 3.77. The highest BCUT2D eigenvalue weighted by Gasteiger charge is 2.25. The Morgan fingerprint density at radius 3 is 2.50 bits per heavy atom. The van der Waals surface area contributed by atoms with E-state index in [0.717, 1.165) is 0 Å². The number of nitrogens with zero attached hydrogens (tertiary/aromatic N) is 2. The third-order valence-electron chi connectivity index (χ3n) is 4.19. The molecule has 0 aromatic heterocycles. The lowest BCUT2D eigenvalue weighted by molar-refractivity contribution is -0.131. The van der Waals surface area contributed by atoms with Gasteiger partial charge in [-0.3, -0.25) is 9.59 Å². The Bertz CT molecular complexity index is 700. The Hall–Kier alpha value is -2.97. The predicted octanol–water partition coefficient (Wildman–Crippen LogP) is 0.446. The second kappa shape index (κ2) is 7.94. The Balaban J connectivity index is 1.45. The van der Waals surface area contributed by atoms with Crippen LogP contribution in [0.3, 0.4) is 0 Å². The number of nitrogens with one attached hydrogen (secondary N) is 1. The molecule has 1 aromatic rings. The molecule has 3 amide bonds. The number of ether oxygens (including phenoxy) is 3. The fourth-order valence-electron chi connectivity index (χ4n) is 2.76. The first-order valence-corrected chi connectivity index (χ1v) is 8.46. The first-order chi connectivity index (χ1) is 12.6. The molecular weight excluding hydrogens is 342 g/mol. The van der Waals surface area contributed by atoms with Crippen molar-refractivity contribution in [2.24, 2.45) is 0 Å². The van der Waals surface area contributed by atoms with E-state index in [1.165, 1.54) is 0 Å². The van der Waals surface area contributed by atoms with E-state index in [0.29, 0.717) is 49.8 Å². The number of hydrogen-bond donors (Lipinski definition) is 1. The highest BCUT2D eigenvalue weighted by molar-refractivity contribution is 5.97. The van der Waals surface area contributed by atoms with Gasteiger partial charge >= 0.3 is 6.09 Å². The van der Waals surface area contributed by atoms with E-state index in [9.17, 15) is 14.4 Å². The summed E-state index contributed by atoms with van der Waals surface area (Å²) in [5, 5.41) is 2.61. The normalized spacial score (nSPS) is 15.6. The molecule has 1 aromatic carbocycles. The number of carbonyl (C=O) groups is 3. The number of fused-ring (bicyclic) bond motifs is 1. The van der Waals surface area contributed by atoms with Crippen LogP contribution in [0, 0.1) is 0 Å². The largest absolute Gasteiger partial charge is 0.454 e. The number of amides is 3. The molecule has 2 heterocycles. The van der Waals surface area contributed by atoms with E-state index >= 15 is 0 Å². The molecule has 0 saturated carbocycles. The van der Waals surface area contributed by atoms with Gasteiger partial charge in [0, 0.05) is 31.7 Å². The summed E-state index contributed by atoms with van der Waals surface area (Å²) >= 11 is 0. The monoisotopic (exact) mass is 363 g/mol. The smallest absolute Gasteiger partial charge is 0.409 e. The Morgan fingerprint density at radius 2 is 1.77 bits per heavy atom. The fourth-order valence-corrected chi connectivity index (χ4v) is 2.76. The van der Waals surface area contributed by atoms with E-state index in [1.54, 1.807) is 34.9 Å². The lowest BCUT2D eigenvalue weighted by atomic mass is 10.2. The van der Waals surface area contributed by atoms with Gasteiger partial charge in [0.1, 0.15) is 0 Å². The van der Waals surface area contributed by atoms with E-state index in [4.69, 9.17) is 14.2 Å². The average Bonchev–Trinajstić information content (AvgIpc) is 3.14. The minimum atomic E-state index is -0.365. The summed E-state index contributed by atoms with van der Waals surface area (Å²) < 4.78 is 15.4. The third kappa shape index (κ3) is 3.98. The van der Waals surface area contributed by atoms with Crippen LogP contribution in [0.1, 0.15) is 17.3 Å². The van der Waals surface area contributed by atoms with Gasteiger partial charge in [-0.25, -0.2) is 4.79 Å². The summed E-state index contributed by atoms with van der Waals surface area (Å²) in [7, 11) is 0. The van der Waals surface area contributed by atoms with Gasteiger partial charge in [-0.1, -0.05) is 0 Å². The average molecular weight is 363 g/mol. The zero-order valence-electron chi connectivity index (χ0n) is 14.5. The minimum Gasteiger partial charge on any atom is -0.454 e. The van der Waals surface area contributed by atoms with Crippen LogP contribution in [0.25, 0.3) is 0 Å². The van der Waals surface area contributed by atoms with Crippen LogP contribution in [-0.4, -0.2) is 73.8 Å². The number of benzene rings is 1. The van der Waals surface area contributed by atoms with Gasteiger partial charge in [0.25, 0.3) is 5.91 Å². The van der Waals surface area contributed by atoms with Crippen LogP contribution in [0.15, 0.2) is 18.2 Å². The molecule has 0 spiro atoms. The van der Waals surface area contributed by atoms with Gasteiger partial charge in [0.15, 0.2) is 11.5 Å². The summed E-state index contributed by atoms with van der Waals surface area (Å²) in [5.41, 5.74) is 0.397. The predicted molar refractivity (Wildman–Crippen MR) is 90.1 cm³/mol. The molecule has 2 aliphatic rings. The molecule has 0 radical (unpaired) electrons.